The second-order valence-corrected chi connectivity index (χ2v) is 7.54. The average Bonchev–Trinajstić information content (AvgIpc) is 2.85. The molecule has 2 aromatic heterocycles. The van der Waals surface area contributed by atoms with Crippen molar-refractivity contribution in [3.8, 4) is 0 Å². The number of thioether (sulfide) groups is 1. The highest BCUT2D eigenvalue weighted by Crippen LogP contribution is 2.19. The molecule has 0 aliphatic carbocycles. The zero-order chi connectivity index (χ0) is 18.8. The highest BCUT2D eigenvalue weighted by molar-refractivity contribution is 8.00. The molecule has 1 atom stereocenters. The van der Waals surface area contributed by atoms with E-state index in [4.69, 9.17) is 0 Å². The van der Waals surface area contributed by atoms with Crippen LogP contribution in [0.1, 0.15) is 24.0 Å². The quantitative estimate of drug-likeness (QED) is 0.529. The normalized spacial score (nSPS) is 12.3. The lowest BCUT2D eigenvalue weighted by Gasteiger charge is -2.11. The van der Waals surface area contributed by atoms with E-state index in [0.29, 0.717) is 17.4 Å². The third-order valence-electron chi connectivity index (χ3n) is 4.14. The van der Waals surface area contributed by atoms with Gasteiger partial charge in [0.25, 0.3) is 5.56 Å². The highest BCUT2D eigenvalue weighted by Gasteiger charge is 2.16. The van der Waals surface area contributed by atoms with Crippen LogP contribution in [0, 0.1) is 13.8 Å². The zero-order valence-corrected chi connectivity index (χ0v) is 16.0. The third-order valence-corrected chi connectivity index (χ3v) is 5.13. The van der Waals surface area contributed by atoms with Crippen molar-refractivity contribution in [2.75, 3.05) is 0 Å². The highest BCUT2D eigenvalue weighted by atomic mass is 32.2. The first-order chi connectivity index (χ1) is 12.3. The molecule has 1 amide bonds. The fraction of sp³-hybridized carbons (Fsp3) is 0.333. The monoisotopic (exact) mass is 371 g/mol. The van der Waals surface area contributed by atoms with E-state index in [1.165, 1.54) is 17.8 Å². The van der Waals surface area contributed by atoms with Crippen molar-refractivity contribution in [1.82, 2.24) is 24.8 Å². The standard InChI is InChI=1S/C18H21N5O2S/c1-10-7-16(24)22-18(20-10)26-11(2)17(25)19-9-13-5-6-15-14(8-13)21-12(3)23(15)4/h5-8,11H,9H2,1-4H3,(H,19,25)(H,20,22,24)/t11-/m0/s1. The number of benzene rings is 1. The minimum Gasteiger partial charge on any atom is -0.351 e. The first kappa shape index (κ1) is 18.2. The summed E-state index contributed by atoms with van der Waals surface area (Å²) >= 11 is 1.23. The van der Waals surface area contributed by atoms with Crippen molar-refractivity contribution in [3.63, 3.8) is 0 Å². The molecule has 7 nitrogen and oxygen atoms in total. The molecule has 0 fully saturated rings. The molecule has 2 N–H and O–H groups in total. The number of aromatic nitrogens is 4. The van der Waals surface area contributed by atoms with Gasteiger partial charge in [0.15, 0.2) is 5.16 Å². The average molecular weight is 371 g/mol. The number of fused-ring (bicyclic) bond motifs is 1. The lowest BCUT2D eigenvalue weighted by atomic mass is 10.2. The van der Waals surface area contributed by atoms with Crippen LogP contribution in [0.5, 0.6) is 0 Å². The van der Waals surface area contributed by atoms with E-state index in [0.717, 1.165) is 22.4 Å². The van der Waals surface area contributed by atoms with Gasteiger partial charge >= 0.3 is 0 Å². The summed E-state index contributed by atoms with van der Waals surface area (Å²) in [6, 6.07) is 7.40. The fourth-order valence-electron chi connectivity index (χ4n) is 2.64. The molecule has 0 saturated heterocycles. The molecule has 0 spiro atoms. The maximum absolute atomic E-state index is 12.3. The van der Waals surface area contributed by atoms with E-state index in [2.05, 4.69) is 20.3 Å². The molecule has 2 heterocycles. The number of rotatable bonds is 5. The smallest absolute Gasteiger partial charge is 0.251 e. The number of H-pyrrole nitrogens is 1. The molecule has 1 aromatic carbocycles. The molecule has 0 saturated carbocycles. The topological polar surface area (TPSA) is 92.7 Å². The van der Waals surface area contributed by atoms with Crippen LogP contribution in [0.25, 0.3) is 11.0 Å². The van der Waals surface area contributed by atoms with Crippen LogP contribution in [0.3, 0.4) is 0 Å². The van der Waals surface area contributed by atoms with Gasteiger partial charge in [0.05, 0.1) is 16.3 Å². The molecular weight excluding hydrogens is 350 g/mol. The summed E-state index contributed by atoms with van der Waals surface area (Å²) in [5, 5.41) is 2.99. The summed E-state index contributed by atoms with van der Waals surface area (Å²) in [5.41, 5.74) is 3.38. The van der Waals surface area contributed by atoms with Gasteiger partial charge in [-0.05, 0) is 38.5 Å². The summed E-state index contributed by atoms with van der Waals surface area (Å²) in [7, 11) is 1.98. The number of nitrogens with zero attached hydrogens (tertiary/aromatic N) is 3. The summed E-state index contributed by atoms with van der Waals surface area (Å²) < 4.78 is 2.03. The summed E-state index contributed by atoms with van der Waals surface area (Å²) in [6.45, 7) is 5.92. The number of carbonyl (C=O) groups excluding carboxylic acids is 1. The molecule has 0 unspecified atom stereocenters. The molecule has 3 aromatic rings. The molecule has 0 radical (unpaired) electrons. The Labute approximate surface area is 155 Å². The van der Waals surface area contributed by atoms with Gasteiger partial charge in [-0.15, -0.1) is 0 Å². The Kier molecular flexibility index (Phi) is 5.13. The molecule has 8 heteroatoms. The lowest BCUT2D eigenvalue weighted by Crippen LogP contribution is -2.30. The van der Waals surface area contributed by atoms with Gasteiger partial charge < -0.3 is 14.9 Å². The zero-order valence-electron chi connectivity index (χ0n) is 15.2. The second-order valence-electron chi connectivity index (χ2n) is 6.21. The molecule has 3 rings (SSSR count). The summed E-state index contributed by atoms with van der Waals surface area (Å²) in [5.74, 6) is 0.835. The number of nitrogens with one attached hydrogen (secondary N) is 2. The summed E-state index contributed by atoms with van der Waals surface area (Å²) in [4.78, 5) is 35.2. The Balaban J connectivity index is 1.63. The largest absolute Gasteiger partial charge is 0.351 e. The van der Waals surface area contributed by atoms with E-state index in [9.17, 15) is 9.59 Å². The molecule has 136 valence electrons. The maximum atomic E-state index is 12.3. The first-order valence-corrected chi connectivity index (χ1v) is 9.16. The van der Waals surface area contributed by atoms with Gasteiger partial charge in [-0.1, -0.05) is 17.8 Å². The maximum Gasteiger partial charge on any atom is 0.251 e. The minimum absolute atomic E-state index is 0.114. The number of imidazole rings is 1. The van der Waals surface area contributed by atoms with Gasteiger partial charge in [0.2, 0.25) is 5.91 Å². The predicted molar refractivity (Wildman–Crippen MR) is 102 cm³/mol. The number of carbonyl (C=O) groups is 1. The number of hydrogen-bond donors (Lipinski definition) is 2. The molecule has 26 heavy (non-hydrogen) atoms. The van der Waals surface area contributed by atoms with E-state index < -0.39 is 0 Å². The van der Waals surface area contributed by atoms with Crippen molar-refractivity contribution >= 4 is 28.7 Å². The molecular formula is C18H21N5O2S. The predicted octanol–water partition coefficient (Wildman–Crippen LogP) is 2.07. The van der Waals surface area contributed by atoms with E-state index >= 15 is 0 Å². The number of aryl methyl sites for hydroxylation is 3. The molecule has 0 bridgehead atoms. The second kappa shape index (κ2) is 7.33. The van der Waals surface area contributed by atoms with E-state index in [1.54, 1.807) is 13.8 Å². The SMILES string of the molecule is Cc1cc(=O)[nH]c(S[C@@H](C)C(=O)NCc2ccc3c(c2)nc(C)n3C)n1. The fourth-order valence-corrected chi connectivity index (χ4v) is 3.52. The lowest BCUT2D eigenvalue weighted by molar-refractivity contribution is -0.120. The van der Waals surface area contributed by atoms with Gasteiger partial charge in [0.1, 0.15) is 5.82 Å². The Morgan fingerprint density at radius 3 is 2.81 bits per heavy atom. The van der Waals surface area contributed by atoms with Crippen LogP contribution in [-0.2, 0) is 18.4 Å². The van der Waals surface area contributed by atoms with Crippen molar-refractivity contribution in [2.24, 2.45) is 7.05 Å². The Hall–Kier alpha value is -2.61. The Bertz CT molecular complexity index is 1020. The minimum atomic E-state index is -0.374. The molecule has 0 aliphatic rings. The van der Waals surface area contributed by atoms with Crippen molar-refractivity contribution in [1.29, 1.82) is 0 Å². The van der Waals surface area contributed by atoms with Crippen molar-refractivity contribution in [3.05, 3.63) is 51.7 Å². The van der Waals surface area contributed by atoms with Crippen molar-refractivity contribution in [2.45, 2.75) is 37.7 Å². The Morgan fingerprint density at radius 1 is 1.31 bits per heavy atom. The van der Waals surface area contributed by atoms with E-state index in [-0.39, 0.29) is 16.7 Å². The Morgan fingerprint density at radius 2 is 2.08 bits per heavy atom. The van der Waals surface area contributed by atoms with Gasteiger partial charge in [-0.3, -0.25) is 9.59 Å². The van der Waals surface area contributed by atoms with Crippen LogP contribution in [0.4, 0.5) is 0 Å². The first-order valence-electron chi connectivity index (χ1n) is 8.28. The van der Waals surface area contributed by atoms with Gasteiger partial charge in [-0.25, -0.2) is 9.97 Å². The number of aromatic amines is 1. The van der Waals surface area contributed by atoms with Crippen LogP contribution in [-0.4, -0.2) is 30.7 Å². The summed E-state index contributed by atoms with van der Waals surface area (Å²) in [6.07, 6.45) is 0. The van der Waals surface area contributed by atoms with Gasteiger partial charge in [0, 0.05) is 25.4 Å². The van der Waals surface area contributed by atoms with Crippen LogP contribution in [0.15, 0.2) is 34.2 Å². The van der Waals surface area contributed by atoms with E-state index in [1.807, 2.05) is 36.7 Å². The van der Waals surface area contributed by atoms with Crippen LogP contribution >= 0.6 is 11.8 Å². The van der Waals surface area contributed by atoms with Crippen LogP contribution in [0.2, 0.25) is 0 Å². The molecule has 0 aliphatic heterocycles. The van der Waals surface area contributed by atoms with Gasteiger partial charge in [-0.2, -0.15) is 0 Å². The van der Waals surface area contributed by atoms with Crippen molar-refractivity contribution < 1.29 is 4.79 Å². The number of hydrogen-bond acceptors (Lipinski definition) is 5. The number of amides is 1. The third kappa shape index (κ3) is 3.96. The van der Waals surface area contributed by atoms with Crippen LogP contribution < -0.4 is 10.9 Å².